The fourth-order valence-corrected chi connectivity index (χ4v) is 2.12. The van der Waals surface area contributed by atoms with Crippen LogP contribution < -0.4 is 0 Å². The maximum absolute atomic E-state index is 12.0. The van der Waals surface area contributed by atoms with Gasteiger partial charge in [-0.25, -0.2) is 0 Å². The molecule has 2 heteroatoms. The van der Waals surface area contributed by atoms with Crippen LogP contribution in [0.3, 0.4) is 0 Å². The second-order valence-electron chi connectivity index (χ2n) is 4.15. The topological polar surface area (TPSA) is 26.3 Å². The van der Waals surface area contributed by atoms with Crippen LogP contribution in [-0.4, -0.2) is 12.4 Å². The van der Waals surface area contributed by atoms with Crippen molar-refractivity contribution in [3.63, 3.8) is 0 Å². The van der Waals surface area contributed by atoms with Gasteiger partial charge in [0.2, 0.25) is 5.78 Å². The third kappa shape index (κ3) is 1.82. The molecule has 0 saturated carbocycles. The van der Waals surface area contributed by atoms with Gasteiger partial charge in [-0.3, -0.25) is 4.79 Å². The lowest BCUT2D eigenvalue weighted by atomic mass is 9.99. The number of hydrogen-bond acceptors (Lipinski definition) is 2. The number of hydrogen-bond donors (Lipinski definition) is 0. The Morgan fingerprint density at radius 1 is 0.778 bits per heavy atom. The molecule has 88 valence electrons. The van der Waals surface area contributed by atoms with E-state index in [2.05, 4.69) is 0 Å². The summed E-state index contributed by atoms with van der Waals surface area (Å²) in [5, 5.41) is 0. The fourth-order valence-electron chi connectivity index (χ4n) is 2.12. The smallest absolute Gasteiger partial charge is 0.204 e. The SMILES string of the molecule is O=C1COC(c2ccccc2)=C1c1ccccc1. The van der Waals surface area contributed by atoms with Gasteiger partial charge in [0.15, 0.2) is 6.61 Å². The summed E-state index contributed by atoms with van der Waals surface area (Å²) in [7, 11) is 0. The average Bonchev–Trinajstić information content (AvgIpc) is 2.83. The molecule has 0 N–H and O–H groups in total. The van der Waals surface area contributed by atoms with Crippen LogP contribution in [0.15, 0.2) is 60.7 Å². The highest BCUT2D eigenvalue weighted by Crippen LogP contribution is 2.32. The molecule has 1 aliphatic rings. The summed E-state index contributed by atoms with van der Waals surface area (Å²) in [4.78, 5) is 12.0. The van der Waals surface area contributed by atoms with E-state index in [1.807, 2.05) is 60.7 Å². The van der Waals surface area contributed by atoms with Gasteiger partial charge in [0.05, 0.1) is 5.57 Å². The molecule has 3 rings (SSSR count). The van der Waals surface area contributed by atoms with E-state index in [0.29, 0.717) is 11.3 Å². The summed E-state index contributed by atoms with van der Waals surface area (Å²) in [6.45, 7) is 0.133. The first kappa shape index (κ1) is 10.8. The van der Waals surface area contributed by atoms with Crippen LogP contribution in [0, 0.1) is 0 Å². The Labute approximate surface area is 106 Å². The van der Waals surface area contributed by atoms with Gasteiger partial charge in [-0.05, 0) is 5.56 Å². The van der Waals surface area contributed by atoms with Crippen molar-refractivity contribution in [2.75, 3.05) is 6.61 Å². The Kier molecular flexibility index (Phi) is 2.69. The Morgan fingerprint density at radius 2 is 1.33 bits per heavy atom. The van der Waals surface area contributed by atoms with E-state index < -0.39 is 0 Å². The molecule has 0 radical (unpaired) electrons. The van der Waals surface area contributed by atoms with Gasteiger partial charge in [-0.1, -0.05) is 60.7 Å². The minimum Gasteiger partial charge on any atom is -0.484 e. The summed E-state index contributed by atoms with van der Waals surface area (Å²) in [6.07, 6.45) is 0. The minimum atomic E-state index is 0.0417. The molecule has 0 unspecified atom stereocenters. The van der Waals surface area contributed by atoms with E-state index in [0.717, 1.165) is 11.1 Å². The second kappa shape index (κ2) is 4.49. The Hall–Kier alpha value is -2.35. The van der Waals surface area contributed by atoms with Crippen LogP contribution in [0.1, 0.15) is 11.1 Å². The quantitative estimate of drug-likeness (QED) is 0.800. The van der Waals surface area contributed by atoms with Gasteiger partial charge in [-0.15, -0.1) is 0 Å². The predicted molar refractivity (Wildman–Crippen MR) is 70.7 cm³/mol. The Balaban J connectivity index is 2.16. The van der Waals surface area contributed by atoms with Crippen molar-refractivity contribution < 1.29 is 9.53 Å². The standard InChI is InChI=1S/C16H12O2/c17-14-11-18-16(13-9-5-2-6-10-13)15(14)12-7-3-1-4-8-12/h1-10H,11H2. The van der Waals surface area contributed by atoms with Gasteiger partial charge in [0.25, 0.3) is 0 Å². The third-order valence-electron chi connectivity index (χ3n) is 2.95. The Bertz CT molecular complexity index is 598. The van der Waals surface area contributed by atoms with Gasteiger partial charge >= 0.3 is 0 Å². The van der Waals surface area contributed by atoms with Crippen LogP contribution in [0.25, 0.3) is 11.3 Å². The molecule has 0 amide bonds. The van der Waals surface area contributed by atoms with Gasteiger partial charge in [0.1, 0.15) is 5.76 Å². The molecule has 0 atom stereocenters. The summed E-state index contributed by atoms with van der Waals surface area (Å²) in [6, 6.07) is 19.4. The summed E-state index contributed by atoms with van der Waals surface area (Å²) in [5.74, 6) is 0.729. The number of carbonyl (C=O) groups is 1. The zero-order chi connectivity index (χ0) is 12.4. The van der Waals surface area contributed by atoms with E-state index in [1.54, 1.807) is 0 Å². The summed E-state index contributed by atoms with van der Waals surface area (Å²) < 4.78 is 5.55. The summed E-state index contributed by atoms with van der Waals surface area (Å²) >= 11 is 0. The lowest BCUT2D eigenvalue weighted by Gasteiger charge is -2.05. The van der Waals surface area contributed by atoms with Crippen LogP contribution in [0.4, 0.5) is 0 Å². The van der Waals surface area contributed by atoms with E-state index in [9.17, 15) is 4.79 Å². The number of benzene rings is 2. The number of ketones is 1. The molecule has 0 spiro atoms. The van der Waals surface area contributed by atoms with Crippen LogP contribution >= 0.6 is 0 Å². The average molecular weight is 236 g/mol. The molecule has 0 aliphatic carbocycles. The first-order chi connectivity index (χ1) is 8.86. The molecule has 0 saturated heterocycles. The van der Waals surface area contributed by atoms with Gasteiger partial charge < -0.3 is 4.74 Å². The second-order valence-corrected chi connectivity index (χ2v) is 4.15. The van der Waals surface area contributed by atoms with Gasteiger partial charge in [0, 0.05) is 5.56 Å². The molecular weight excluding hydrogens is 224 g/mol. The third-order valence-corrected chi connectivity index (χ3v) is 2.95. The monoisotopic (exact) mass is 236 g/mol. The van der Waals surface area contributed by atoms with E-state index >= 15 is 0 Å². The zero-order valence-electron chi connectivity index (χ0n) is 9.80. The van der Waals surface area contributed by atoms with Crippen LogP contribution in [0.2, 0.25) is 0 Å². The predicted octanol–water partition coefficient (Wildman–Crippen LogP) is 3.15. The first-order valence-corrected chi connectivity index (χ1v) is 5.87. The van der Waals surface area contributed by atoms with Crippen LogP contribution in [-0.2, 0) is 9.53 Å². The lowest BCUT2D eigenvalue weighted by Crippen LogP contribution is -2.00. The molecule has 1 heterocycles. The molecule has 2 aromatic rings. The van der Waals surface area contributed by atoms with Crippen molar-refractivity contribution >= 4 is 17.1 Å². The maximum Gasteiger partial charge on any atom is 0.204 e. The minimum absolute atomic E-state index is 0.0417. The molecule has 1 aliphatic heterocycles. The highest BCUT2D eigenvalue weighted by Gasteiger charge is 2.26. The molecular formula is C16H12O2. The van der Waals surface area contributed by atoms with Crippen molar-refractivity contribution in [2.45, 2.75) is 0 Å². The molecule has 0 aromatic heterocycles. The Morgan fingerprint density at radius 3 is 1.94 bits per heavy atom. The molecule has 18 heavy (non-hydrogen) atoms. The fraction of sp³-hybridized carbons (Fsp3) is 0.0625. The number of rotatable bonds is 2. The first-order valence-electron chi connectivity index (χ1n) is 5.87. The number of Topliss-reactive ketones (excluding diaryl/α,β-unsaturated/α-hetero) is 1. The highest BCUT2D eigenvalue weighted by molar-refractivity contribution is 6.29. The molecule has 0 bridgehead atoms. The lowest BCUT2D eigenvalue weighted by molar-refractivity contribution is -0.114. The molecule has 2 nitrogen and oxygen atoms in total. The largest absolute Gasteiger partial charge is 0.484 e. The van der Waals surface area contributed by atoms with Crippen molar-refractivity contribution in [3.8, 4) is 0 Å². The molecule has 2 aromatic carbocycles. The summed E-state index contributed by atoms with van der Waals surface area (Å²) in [5.41, 5.74) is 2.54. The van der Waals surface area contributed by atoms with Crippen molar-refractivity contribution in [3.05, 3.63) is 71.8 Å². The van der Waals surface area contributed by atoms with Crippen LogP contribution in [0.5, 0.6) is 0 Å². The normalized spacial score (nSPS) is 14.8. The zero-order valence-corrected chi connectivity index (χ0v) is 9.80. The van der Waals surface area contributed by atoms with Crippen molar-refractivity contribution in [1.29, 1.82) is 0 Å². The highest BCUT2D eigenvalue weighted by atomic mass is 16.5. The van der Waals surface area contributed by atoms with Gasteiger partial charge in [-0.2, -0.15) is 0 Å². The van der Waals surface area contributed by atoms with E-state index in [4.69, 9.17) is 4.74 Å². The maximum atomic E-state index is 12.0. The molecule has 0 fully saturated rings. The number of carbonyl (C=O) groups excluding carboxylic acids is 1. The van der Waals surface area contributed by atoms with E-state index in [1.165, 1.54) is 0 Å². The van der Waals surface area contributed by atoms with Crippen molar-refractivity contribution in [2.24, 2.45) is 0 Å². The van der Waals surface area contributed by atoms with Crippen molar-refractivity contribution in [1.82, 2.24) is 0 Å². The van der Waals surface area contributed by atoms with E-state index in [-0.39, 0.29) is 12.4 Å². The number of ether oxygens (including phenoxy) is 1.